The van der Waals surface area contributed by atoms with Gasteiger partial charge in [0.25, 0.3) is 5.91 Å². The van der Waals surface area contributed by atoms with E-state index >= 15 is 0 Å². The van der Waals surface area contributed by atoms with Crippen LogP contribution in [0.1, 0.15) is 57.3 Å². The monoisotopic (exact) mass is 378 g/mol. The molecule has 1 aromatic rings. The average molecular weight is 379 g/mol. The Morgan fingerprint density at radius 2 is 1.89 bits per heavy atom. The Hall–Kier alpha value is -2.44. The van der Waals surface area contributed by atoms with E-state index in [1.807, 2.05) is 20.8 Å². The topological polar surface area (TPSA) is 96.7 Å². The number of hydrogen-bond acceptors (Lipinski definition) is 5. The molecular weight excluding hydrogens is 344 g/mol. The standard InChI is InChI=1S/C20H34N4O3/c1-14(10-7-8-13-22-19(26)27-20(2,3)4)23-17-15(18(25)24(5)6)11-9-12-16(17)21/h9,11-12,14,23H,7-8,10,13,21H2,1-6H3,(H,22,26). The molecule has 0 aromatic heterocycles. The Morgan fingerprint density at radius 1 is 1.22 bits per heavy atom. The summed E-state index contributed by atoms with van der Waals surface area (Å²) in [6.07, 6.45) is 2.27. The number of nitrogens with two attached hydrogens (primary N) is 1. The highest BCUT2D eigenvalue weighted by Crippen LogP contribution is 2.26. The van der Waals surface area contributed by atoms with Crippen LogP contribution in [0.15, 0.2) is 18.2 Å². The fraction of sp³-hybridized carbons (Fsp3) is 0.600. The van der Waals surface area contributed by atoms with Gasteiger partial charge in [0.15, 0.2) is 0 Å². The van der Waals surface area contributed by atoms with Gasteiger partial charge in [0.05, 0.1) is 16.9 Å². The van der Waals surface area contributed by atoms with Gasteiger partial charge < -0.3 is 26.0 Å². The van der Waals surface area contributed by atoms with E-state index in [9.17, 15) is 9.59 Å². The van der Waals surface area contributed by atoms with E-state index in [1.165, 1.54) is 4.90 Å². The van der Waals surface area contributed by atoms with Crippen LogP contribution in [0, 0.1) is 0 Å². The van der Waals surface area contributed by atoms with E-state index in [1.54, 1.807) is 32.3 Å². The zero-order chi connectivity index (χ0) is 20.6. The average Bonchev–Trinajstić information content (AvgIpc) is 2.54. The summed E-state index contributed by atoms with van der Waals surface area (Å²) in [4.78, 5) is 25.5. The third-order valence-electron chi connectivity index (χ3n) is 3.86. The van der Waals surface area contributed by atoms with Gasteiger partial charge in [0, 0.05) is 26.7 Å². The summed E-state index contributed by atoms with van der Waals surface area (Å²) in [7, 11) is 3.44. The van der Waals surface area contributed by atoms with Gasteiger partial charge >= 0.3 is 6.09 Å². The molecular formula is C20H34N4O3. The van der Waals surface area contributed by atoms with Crippen LogP contribution in [0.4, 0.5) is 16.2 Å². The maximum absolute atomic E-state index is 12.3. The lowest BCUT2D eigenvalue weighted by atomic mass is 10.1. The molecule has 0 fully saturated rings. The van der Waals surface area contributed by atoms with Crippen molar-refractivity contribution in [3.8, 4) is 0 Å². The summed E-state index contributed by atoms with van der Waals surface area (Å²) in [5.41, 5.74) is 7.39. The molecule has 0 aliphatic rings. The quantitative estimate of drug-likeness (QED) is 0.475. The highest BCUT2D eigenvalue weighted by Gasteiger charge is 2.17. The summed E-state index contributed by atoms with van der Waals surface area (Å²) in [6.45, 7) is 8.14. The van der Waals surface area contributed by atoms with Crippen molar-refractivity contribution in [3.05, 3.63) is 23.8 Å². The van der Waals surface area contributed by atoms with Crippen LogP contribution in [0.5, 0.6) is 0 Å². The second-order valence-corrected chi connectivity index (χ2v) is 7.94. The van der Waals surface area contributed by atoms with Crippen LogP contribution in [-0.4, -0.2) is 49.2 Å². The molecule has 0 aliphatic heterocycles. The summed E-state index contributed by atoms with van der Waals surface area (Å²) in [6, 6.07) is 5.49. The first-order valence-corrected chi connectivity index (χ1v) is 9.35. The first-order valence-electron chi connectivity index (χ1n) is 9.35. The normalized spacial score (nSPS) is 12.2. The maximum Gasteiger partial charge on any atom is 0.407 e. The Kier molecular flexibility index (Phi) is 8.40. The fourth-order valence-corrected chi connectivity index (χ4v) is 2.55. The highest BCUT2D eigenvalue weighted by atomic mass is 16.6. The van der Waals surface area contributed by atoms with Crippen LogP contribution in [0.2, 0.25) is 0 Å². The predicted octanol–water partition coefficient (Wildman–Crippen LogP) is 3.47. The zero-order valence-corrected chi connectivity index (χ0v) is 17.4. The van der Waals surface area contributed by atoms with Crippen LogP contribution >= 0.6 is 0 Å². The van der Waals surface area contributed by atoms with Gasteiger partial charge in [-0.1, -0.05) is 6.07 Å². The number of para-hydroxylation sites is 1. The predicted molar refractivity (Wildman–Crippen MR) is 110 cm³/mol. The number of benzene rings is 1. The number of nitrogens with zero attached hydrogens (tertiary/aromatic N) is 1. The van der Waals surface area contributed by atoms with Crippen LogP contribution < -0.4 is 16.4 Å². The van der Waals surface area contributed by atoms with Crippen molar-refractivity contribution in [2.45, 2.75) is 58.6 Å². The Balaban J connectivity index is 2.47. The molecule has 4 N–H and O–H groups in total. The number of anilines is 2. The Bertz CT molecular complexity index is 639. The third kappa shape index (κ3) is 8.19. The lowest BCUT2D eigenvalue weighted by molar-refractivity contribution is 0.0526. The van der Waals surface area contributed by atoms with Gasteiger partial charge in [-0.25, -0.2) is 4.79 Å². The van der Waals surface area contributed by atoms with Gasteiger partial charge in [-0.3, -0.25) is 4.79 Å². The van der Waals surface area contributed by atoms with Crippen LogP contribution in [0.25, 0.3) is 0 Å². The van der Waals surface area contributed by atoms with Crippen molar-refractivity contribution < 1.29 is 14.3 Å². The zero-order valence-electron chi connectivity index (χ0n) is 17.4. The van der Waals surface area contributed by atoms with Gasteiger partial charge in [-0.15, -0.1) is 0 Å². The molecule has 0 spiro atoms. The number of nitrogens with one attached hydrogen (secondary N) is 2. The van der Waals surface area contributed by atoms with Crippen molar-refractivity contribution in [1.29, 1.82) is 0 Å². The molecule has 0 radical (unpaired) electrons. The molecule has 0 saturated carbocycles. The summed E-state index contributed by atoms with van der Waals surface area (Å²) < 4.78 is 5.20. The smallest absolute Gasteiger partial charge is 0.407 e. The molecule has 1 unspecified atom stereocenters. The number of ether oxygens (including phenoxy) is 1. The number of alkyl carbamates (subject to hydrolysis) is 1. The second kappa shape index (κ2) is 10.0. The minimum Gasteiger partial charge on any atom is -0.444 e. The number of amides is 2. The molecule has 7 nitrogen and oxygen atoms in total. The van der Waals surface area contributed by atoms with E-state index < -0.39 is 11.7 Å². The first-order chi connectivity index (χ1) is 12.5. The minimum absolute atomic E-state index is 0.0847. The molecule has 1 rings (SSSR count). The summed E-state index contributed by atoms with van der Waals surface area (Å²) >= 11 is 0. The molecule has 152 valence electrons. The van der Waals surface area contributed by atoms with E-state index in [0.717, 1.165) is 19.3 Å². The third-order valence-corrected chi connectivity index (χ3v) is 3.86. The van der Waals surface area contributed by atoms with E-state index in [2.05, 4.69) is 17.6 Å². The molecule has 0 bridgehead atoms. The SMILES string of the molecule is CC(CCCCNC(=O)OC(C)(C)C)Nc1c(N)cccc1C(=O)N(C)C. The van der Waals surface area contributed by atoms with Crippen molar-refractivity contribution in [2.24, 2.45) is 0 Å². The largest absolute Gasteiger partial charge is 0.444 e. The molecule has 2 amide bonds. The Morgan fingerprint density at radius 3 is 2.48 bits per heavy atom. The number of carbonyl (C=O) groups excluding carboxylic acids is 2. The number of hydrogen-bond donors (Lipinski definition) is 3. The van der Waals surface area contributed by atoms with Crippen molar-refractivity contribution in [3.63, 3.8) is 0 Å². The van der Waals surface area contributed by atoms with Gasteiger partial charge in [0.1, 0.15) is 5.60 Å². The first kappa shape index (κ1) is 22.6. The van der Waals surface area contributed by atoms with Crippen LogP contribution in [-0.2, 0) is 4.74 Å². The highest BCUT2D eigenvalue weighted by molar-refractivity contribution is 6.02. The van der Waals surface area contributed by atoms with Gasteiger partial charge in [-0.05, 0) is 59.1 Å². The lowest BCUT2D eigenvalue weighted by Gasteiger charge is -2.21. The van der Waals surface area contributed by atoms with Crippen molar-refractivity contribution in [1.82, 2.24) is 10.2 Å². The minimum atomic E-state index is -0.486. The molecule has 1 atom stereocenters. The van der Waals surface area contributed by atoms with Crippen LogP contribution in [0.3, 0.4) is 0 Å². The summed E-state index contributed by atoms with van der Waals surface area (Å²) in [5, 5.41) is 6.12. The number of nitrogen functional groups attached to an aromatic ring is 1. The Labute approximate surface area is 162 Å². The number of carbonyl (C=O) groups is 2. The lowest BCUT2D eigenvalue weighted by Crippen LogP contribution is -2.33. The molecule has 0 saturated heterocycles. The molecule has 1 aromatic carbocycles. The maximum atomic E-state index is 12.3. The van der Waals surface area contributed by atoms with Gasteiger partial charge in [-0.2, -0.15) is 0 Å². The van der Waals surface area contributed by atoms with Crippen molar-refractivity contribution in [2.75, 3.05) is 31.7 Å². The fourth-order valence-electron chi connectivity index (χ4n) is 2.55. The van der Waals surface area contributed by atoms with E-state index in [-0.39, 0.29) is 11.9 Å². The molecule has 0 heterocycles. The van der Waals surface area contributed by atoms with E-state index in [0.29, 0.717) is 23.5 Å². The van der Waals surface area contributed by atoms with E-state index in [4.69, 9.17) is 10.5 Å². The molecule has 0 aliphatic carbocycles. The van der Waals surface area contributed by atoms with Crippen molar-refractivity contribution >= 4 is 23.4 Å². The molecule has 7 heteroatoms. The van der Waals surface area contributed by atoms with Gasteiger partial charge in [0.2, 0.25) is 0 Å². The summed E-state index contributed by atoms with van der Waals surface area (Å²) in [5.74, 6) is -0.0847. The number of unbranched alkanes of at least 4 members (excludes halogenated alkanes) is 1. The number of rotatable bonds is 8. The molecule has 27 heavy (non-hydrogen) atoms. The second-order valence-electron chi connectivity index (χ2n) is 7.94.